The van der Waals surface area contributed by atoms with Crippen LogP contribution < -0.4 is 9.47 Å². The van der Waals surface area contributed by atoms with Crippen LogP contribution >= 0.6 is 0 Å². The predicted molar refractivity (Wildman–Crippen MR) is 136 cm³/mol. The summed E-state index contributed by atoms with van der Waals surface area (Å²) in [6.07, 6.45) is 3.83. The molecule has 2 aromatic rings. The fourth-order valence-corrected chi connectivity index (χ4v) is 5.08. The number of ether oxygens (including phenoxy) is 2. The summed E-state index contributed by atoms with van der Waals surface area (Å²) in [7, 11) is 0. The standard InChI is InChI=1S/C29H35NO5/c1-17(2)34-23-13-10-20(11-14-23)26-25(28(32)29(33)30(26)22-8-6-7-9-22)27(31)21-12-15-24(19(5)16-21)35-18(3)4/h10-18,22,26,31H,6-9H2,1-5H3/b27-25-. The average Bonchev–Trinajstić information content (AvgIpc) is 3.41. The second kappa shape index (κ2) is 10.1. The lowest BCUT2D eigenvalue weighted by Gasteiger charge is -2.31. The van der Waals surface area contributed by atoms with E-state index in [9.17, 15) is 14.7 Å². The van der Waals surface area contributed by atoms with E-state index in [0.29, 0.717) is 5.56 Å². The molecule has 1 atom stereocenters. The van der Waals surface area contributed by atoms with Crippen molar-refractivity contribution in [3.63, 3.8) is 0 Å². The zero-order valence-electron chi connectivity index (χ0n) is 21.2. The number of aryl methyl sites for hydroxylation is 1. The van der Waals surface area contributed by atoms with Crippen molar-refractivity contribution in [3.8, 4) is 11.5 Å². The molecular formula is C29H35NO5. The van der Waals surface area contributed by atoms with Crippen LogP contribution in [-0.4, -0.2) is 39.9 Å². The van der Waals surface area contributed by atoms with Crippen molar-refractivity contribution >= 4 is 17.4 Å². The largest absolute Gasteiger partial charge is 0.507 e. The van der Waals surface area contributed by atoms with Gasteiger partial charge in [-0.3, -0.25) is 9.59 Å². The van der Waals surface area contributed by atoms with Crippen molar-refractivity contribution in [2.45, 2.75) is 84.6 Å². The van der Waals surface area contributed by atoms with Gasteiger partial charge in [0.2, 0.25) is 0 Å². The number of hydrogen-bond donors (Lipinski definition) is 1. The summed E-state index contributed by atoms with van der Waals surface area (Å²) < 4.78 is 11.6. The van der Waals surface area contributed by atoms with Gasteiger partial charge in [-0.1, -0.05) is 25.0 Å². The Morgan fingerprint density at radius 2 is 1.57 bits per heavy atom. The van der Waals surface area contributed by atoms with Crippen molar-refractivity contribution in [3.05, 3.63) is 64.7 Å². The van der Waals surface area contributed by atoms with Crippen molar-refractivity contribution in [1.82, 2.24) is 4.90 Å². The summed E-state index contributed by atoms with van der Waals surface area (Å²) >= 11 is 0. The van der Waals surface area contributed by atoms with E-state index in [1.807, 2.05) is 58.9 Å². The molecule has 1 N–H and O–H groups in total. The van der Waals surface area contributed by atoms with E-state index >= 15 is 0 Å². The number of likely N-dealkylation sites (tertiary alicyclic amines) is 1. The number of aliphatic hydroxyl groups is 1. The highest BCUT2D eigenvalue weighted by Gasteiger charge is 2.49. The summed E-state index contributed by atoms with van der Waals surface area (Å²) in [4.78, 5) is 28.3. The van der Waals surface area contributed by atoms with Gasteiger partial charge >= 0.3 is 0 Å². The first-order chi connectivity index (χ1) is 16.7. The first kappa shape index (κ1) is 24.8. The van der Waals surface area contributed by atoms with Gasteiger partial charge in [0.05, 0.1) is 23.8 Å². The Hall–Kier alpha value is -3.28. The highest BCUT2D eigenvalue weighted by atomic mass is 16.5. The molecule has 4 rings (SSSR count). The smallest absolute Gasteiger partial charge is 0.295 e. The lowest BCUT2D eigenvalue weighted by Crippen LogP contribution is -2.37. The molecule has 1 aliphatic heterocycles. The molecule has 0 bridgehead atoms. The Kier molecular flexibility index (Phi) is 7.20. The molecular weight excluding hydrogens is 442 g/mol. The molecule has 0 aromatic heterocycles. The Morgan fingerprint density at radius 1 is 0.943 bits per heavy atom. The lowest BCUT2D eigenvalue weighted by atomic mass is 9.94. The molecule has 1 unspecified atom stereocenters. The number of aliphatic hydroxyl groups excluding tert-OH is 1. The molecule has 6 heteroatoms. The van der Waals surface area contributed by atoms with Crippen LogP contribution in [0.25, 0.3) is 5.76 Å². The molecule has 1 aliphatic carbocycles. The molecule has 35 heavy (non-hydrogen) atoms. The number of amides is 1. The third kappa shape index (κ3) is 5.07. The van der Waals surface area contributed by atoms with E-state index in [4.69, 9.17) is 9.47 Å². The fraction of sp³-hybridized carbons (Fsp3) is 0.448. The number of rotatable bonds is 7. The summed E-state index contributed by atoms with van der Waals surface area (Å²) in [5.74, 6) is 0.109. The fourth-order valence-electron chi connectivity index (χ4n) is 5.08. The van der Waals surface area contributed by atoms with Gasteiger partial charge in [0.25, 0.3) is 11.7 Å². The maximum absolute atomic E-state index is 13.3. The van der Waals surface area contributed by atoms with Crippen LogP contribution in [0.2, 0.25) is 0 Å². The van der Waals surface area contributed by atoms with Gasteiger partial charge in [-0.05, 0) is 88.9 Å². The molecule has 1 amide bonds. The van der Waals surface area contributed by atoms with Gasteiger partial charge < -0.3 is 19.5 Å². The van der Waals surface area contributed by atoms with Crippen LogP contribution in [0, 0.1) is 6.92 Å². The molecule has 2 aromatic carbocycles. The van der Waals surface area contributed by atoms with E-state index < -0.39 is 17.7 Å². The van der Waals surface area contributed by atoms with Crippen LogP contribution in [-0.2, 0) is 9.59 Å². The van der Waals surface area contributed by atoms with Gasteiger partial charge in [0, 0.05) is 11.6 Å². The van der Waals surface area contributed by atoms with Gasteiger partial charge in [-0.2, -0.15) is 0 Å². The third-order valence-electron chi connectivity index (χ3n) is 6.58. The van der Waals surface area contributed by atoms with Crippen LogP contribution in [0.15, 0.2) is 48.0 Å². The minimum atomic E-state index is -0.641. The van der Waals surface area contributed by atoms with Gasteiger partial charge in [0.1, 0.15) is 17.3 Å². The quantitative estimate of drug-likeness (QED) is 0.304. The maximum atomic E-state index is 13.3. The average molecular weight is 478 g/mol. The number of carbonyl (C=O) groups excluding carboxylic acids is 2. The SMILES string of the molecule is Cc1cc(/C(O)=C2/C(=O)C(=O)N(C3CCCC3)C2c2ccc(OC(C)C)cc2)ccc1OC(C)C. The number of nitrogens with zero attached hydrogens (tertiary/aromatic N) is 1. The normalized spacial score (nSPS) is 20.3. The number of carbonyl (C=O) groups is 2. The Balaban J connectivity index is 1.80. The topological polar surface area (TPSA) is 76.1 Å². The molecule has 1 saturated carbocycles. The summed E-state index contributed by atoms with van der Waals surface area (Å²) in [6.45, 7) is 9.73. The molecule has 186 valence electrons. The molecule has 2 fully saturated rings. The maximum Gasteiger partial charge on any atom is 0.295 e. The van der Waals surface area contributed by atoms with Gasteiger partial charge in [0.15, 0.2) is 0 Å². The highest BCUT2D eigenvalue weighted by molar-refractivity contribution is 6.46. The second-order valence-electron chi connectivity index (χ2n) is 10.0. The van der Waals surface area contributed by atoms with Gasteiger partial charge in [-0.15, -0.1) is 0 Å². The molecule has 6 nitrogen and oxygen atoms in total. The number of ketones is 1. The summed E-state index contributed by atoms with van der Waals surface area (Å²) in [6, 6.07) is 12.1. The van der Waals surface area contributed by atoms with Gasteiger partial charge in [-0.25, -0.2) is 0 Å². The number of benzene rings is 2. The number of Topliss-reactive ketones (excluding diaryl/α,β-unsaturated/α-hetero) is 1. The number of hydrogen-bond acceptors (Lipinski definition) is 5. The summed E-state index contributed by atoms with van der Waals surface area (Å²) in [5, 5.41) is 11.4. The minimum Gasteiger partial charge on any atom is -0.507 e. The van der Waals surface area contributed by atoms with E-state index in [0.717, 1.165) is 48.3 Å². The van der Waals surface area contributed by atoms with Crippen molar-refractivity contribution in [1.29, 1.82) is 0 Å². The minimum absolute atomic E-state index is 0.0168. The van der Waals surface area contributed by atoms with E-state index in [1.54, 1.807) is 23.1 Å². The molecule has 0 radical (unpaired) electrons. The Labute approximate surface area is 207 Å². The highest BCUT2D eigenvalue weighted by Crippen LogP contribution is 2.44. The zero-order valence-corrected chi connectivity index (χ0v) is 21.2. The van der Waals surface area contributed by atoms with E-state index in [2.05, 4.69) is 0 Å². The van der Waals surface area contributed by atoms with Crippen LogP contribution in [0.5, 0.6) is 11.5 Å². The van der Waals surface area contributed by atoms with E-state index in [-0.39, 0.29) is 29.6 Å². The Bertz CT molecular complexity index is 1130. The first-order valence-electron chi connectivity index (χ1n) is 12.5. The Morgan fingerprint density at radius 3 is 2.14 bits per heavy atom. The monoisotopic (exact) mass is 477 g/mol. The molecule has 1 heterocycles. The zero-order chi connectivity index (χ0) is 25.3. The van der Waals surface area contributed by atoms with Crippen molar-refractivity contribution in [2.75, 3.05) is 0 Å². The molecule has 0 spiro atoms. The third-order valence-corrected chi connectivity index (χ3v) is 6.58. The predicted octanol–water partition coefficient (Wildman–Crippen LogP) is 5.93. The van der Waals surface area contributed by atoms with E-state index in [1.165, 1.54) is 0 Å². The van der Waals surface area contributed by atoms with Crippen LogP contribution in [0.3, 0.4) is 0 Å². The van der Waals surface area contributed by atoms with Crippen molar-refractivity contribution < 1.29 is 24.2 Å². The molecule has 1 saturated heterocycles. The van der Waals surface area contributed by atoms with Crippen LogP contribution in [0.4, 0.5) is 0 Å². The first-order valence-corrected chi connectivity index (χ1v) is 12.5. The molecule has 2 aliphatic rings. The van der Waals surface area contributed by atoms with Crippen LogP contribution in [0.1, 0.15) is 76.1 Å². The van der Waals surface area contributed by atoms with Crippen molar-refractivity contribution in [2.24, 2.45) is 0 Å². The lowest BCUT2D eigenvalue weighted by molar-refractivity contribution is -0.141. The second-order valence-corrected chi connectivity index (χ2v) is 10.0. The summed E-state index contributed by atoms with van der Waals surface area (Å²) in [5.41, 5.74) is 2.26.